The largest absolute Gasteiger partial charge is 0.347 e. The number of carbonyl (C=O) groups is 2. The highest BCUT2D eigenvalue weighted by molar-refractivity contribution is 7.10. The normalized spacial score (nSPS) is 19.9. The van der Waals surface area contributed by atoms with Crippen LogP contribution in [0.25, 0.3) is 0 Å². The molecule has 1 fully saturated rings. The Labute approximate surface area is 117 Å². The lowest BCUT2D eigenvalue weighted by Crippen LogP contribution is -2.48. The zero-order chi connectivity index (χ0) is 14.0. The van der Waals surface area contributed by atoms with Crippen LogP contribution in [0.5, 0.6) is 0 Å². The van der Waals surface area contributed by atoms with E-state index >= 15 is 0 Å². The number of carbonyl (C=O) groups excluding carboxylic acids is 2. The predicted molar refractivity (Wildman–Crippen MR) is 76.5 cm³/mol. The number of nitrogens with one attached hydrogen (secondary N) is 1. The summed E-state index contributed by atoms with van der Waals surface area (Å²) in [5.74, 6) is 0.573. The summed E-state index contributed by atoms with van der Waals surface area (Å²) in [6.07, 6.45) is 1.25. The molecule has 1 aliphatic heterocycles. The monoisotopic (exact) mass is 280 g/mol. The lowest BCUT2D eigenvalue weighted by molar-refractivity contribution is -0.132. The first-order valence-corrected chi connectivity index (χ1v) is 7.48. The molecule has 1 atom stereocenters. The highest BCUT2D eigenvalue weighted by Crippen LogP contribution is 2.23. The summed E-state index contributed by atoms with van der Waals surface area (Å²) in [7, 11) is 1.78. The molecular weight excluding hydrogens is 260 g/mol. The molecule has 0 saturated carbocycles. The number of thiophene rings is 1. The number of nitrogens with zero attached hydrogens (tertiary/aromatic N) is 1. The van der Waals surface area contributed by atoms with Gasteiger partial charge >= 0.3 is 0 Å². The molecule has 2 heterocycles. The van der Waals surface area contributed by atoms with Gasteiger partial charge in [-0.1, -0.05) is 13.8 Å². The van der Waals surface area contributed by atoms with E-state index in [0.29, 0.717) is 18.9 Å². The molecule has 0 radical (unpaired) electrons. The van der Waals surface area contributed by atoms with Crippen LogP contribution in [0.3, 0.4) is 0 Å². The molecule has 0 spiro atoms. The second-order valence-corrected chi connectivity index (χ2v) is 6.32. The van der Waals surface area contributed by atoms with Crippen LogP contribution < -0.4 is 5.32 Å². The molecule has 2 rings (SSSR count). The molecule has 1 aromatic rings. The fraction of sp³-hybridized carbons (Fsp3) is 0.571. The van der Waals surface area contributed by atoms with Crippen LogP contribution in [0.1, 0.15) is 47.8 Å². The minimum absolute atomic E-state index is 0.0316. The Balaban J connectivity index is 1.95. The van der Waals surface area contributed by atoms with Gasteiger partial charge in [-0.2, -0.15) is 0 Å². The van der Waals surface area contributed by atoms with Crippen LogP contribution >= 0.6 is 11.3 Å². The highest BCUT2D eigenvalue weighted by atomic mass is 32.1. The predicted octanol–water partition coefficient (Wildman–Crippen LogP) is 2.22. The molecule has 0 bridgehead atoms. The minimum atomic E-state index is -0.0316. The molecule has 1 N–H and O–H groups in total. The van der Waals surface area contributed by atoms with E-state index in [1.807, 2.05) is 11.4 Å². The average molecular weight is 280 g/mol. The van der Waals surface area contributed by atoms with Gasteiger partial charge in [0.15, 0.2) is 0 Å². The van der Waals surface area contributed by atoms with Crippen molar-refractivity contribution in [2.45, 2.75) is 38.6 Å². The van der Waals surface area contributed by atoms with Gasteiger partial charge in [-0.15, -0.1) is 11.3 Å². The number of likely N-dealkylation sites (tertiary alicyclic amines) is 1. The number of likely N-dealkylation sites (N-methyl/N-ethyl adjacent to an activating group) is 1. The van der Waals surface area contributed by atoms with Crippen LogP contribution in [-0.4, -0.2) is 36.3 Å². The topological polar surface area (TPSA) is 49.4 Å². The van der Waals surface area contributed by atoms with E-state index in [1.165, 1.54) is 4.88 Å². The van der Waals surface area contributed by atoms with E-state index in [1.54, 1.807) is 23.3 Å². The summed E-state index contributed by atoms with van der Waals surface area (Å²) in [6.45, 7) is 4.84. The fourth-order valence-corrected chi connectivity index (χ4v) is 3.08. The maximum Gasteiger partial charge on any atom is 0.252 e. The number of hydrogen-bond donors (Lipinski definition) is 1. The van der Waals surface area contributed by atoms with E-state index in [-0.39, 0.29) is 17.9 Å². The summed E-state index contributed by atoms with van der Waals surface area (Å²) in [5, 5.41) is 4.92. The van der Waals surface area contributed by atoms with Gasteiger partial charge in [0.1, 0.15) is 0 Å². The third-order valence-corrected chi connectivity index (χ3v) is 4.65. The van der Waals surface area contributed by atoms with E-state index < -0.39 is 0 Å². The van der Waals surface area contributed by atoms with E-state index in [2.05, 4.69) is 19.2 Å². The summed E-state index contributed by atoms with van der Waals surface area (Å²) in [4.78, 5) is 26.4. The fourth-order valence-electron chi connectivity index (χ4n) is 2.17. The summed E-state index contributed by atoms with van der Waals surface area (Å²) >= 11 is 1.62. The number of hydrogen-bond acceptors (Lipinski definition) is 3. The zero-order valence-electron chi connectivity index (χ0n) is 11.6. The van der Waals surface area contributed by atoms with Gasteiger partial charge in [0.25, 0.3) is 5.91 Å². The Morgan fingerprint density at radius 1 is 1.53 bits per heavy atom. The van der Waals surface area contributed by atoms with Crippen molar-refractivity contribution in [3.05, 3.63) is 21.9 Å². The highest BCUT2D eigenvalue weighted by Gasteiger charge is 2.24. The Bertz CT molecular complexity index is 482. The van der Waals surface area contributed by atoms with Gasteiger partial charge in [-0.25, -0.2) is 0 Å². The van der Waals surface area contributed by atoms with Gasteiger partial charge in [0.2, 0.25) is 5.91 Å². The van der Waals surface area contributed by atoms with Crippen LogP contribution in [0.15, 0.2) is 11.4 Å². The first-order valence-electron chi connectivity index (χ1n) is 6.60. The van der Waals surface area contributed by atoms with Crippen molar-refractivity contribution in [1.29, 1.82) is 0 Å². The van der Waals surface area contributed by atoms with Gasteiger partial charge in [-0.3, -0.25) is 9.59 Å². The smallest absolute Gasteiger partial charge is 0.252 e. The van der Waals surface area contributed by atoms with Crippen molar-refractivity contribution in [2.75, 3.05) is 13.6 Å². The van der Waals surface area contributed by atoms with E-state index in [9.17, 15) is 9.59 Å². The van der Waals surface area contributed by atoms with Crippen LogP contribution in [0.2, 0.25) is 0 Å². The third kappa shape index (κ3) is 3.35. The molecule has 1 saturated heterocycles. The molecular formula is C14H20N2O2S. The van der Waals surface area contributed by atoms with Gasteiger partial charge in [-0.05, 0) is 18.4 Å². The van der Waals surface area contributed by atoms with Crippen LogP contribution in [0.4, 0.5) is 0 Å². The SMILES string of the molecule is CC(C)c1cc(C(=O)N[C@H]2CCC(=O)N(C)C2)cs1. The molecule has 2 amide bonds. The first-order chi connectivity index (χ1) is 8.97. The summed E-state index contributed by atoms with van der Waals surface area (Å²) in [6, 6.07) is 2.03. The van der Waals surface area contributed by atoms with Crippen molar-refractivity contribution in [2.24, 2.45) is 0 Å². The van der Waals surface area contributed by atoms with Crippen LogP contribution in [0, 0.1) is 0 Å². The maximum absolute atomic E-state index is 12.1. The molecule has 1 aliphatic rings. The van der Waals surface area contributed by atoms with Crippen molar-refractivity contribution in [3.8, 4) is 0 Å². The third-order valence-electron chi connectivity index (χ3n) is 3.41. The molecule has 104 valence electrons. The molecule has 0 unspecified atom stereocenters. The molecule has 4 nitrogen and oxygen atoms in total. The second kappa shape index (κ2) is 5.74. The van der Waals surface area contributed by atoms with Crippen molar-refractivity contribution >= 4 is 23.2 Å². The lowest BCUT2D eigenvalue weighted by Gasteiger charge is -2.30. The first kappa shape index (κ1) is 14.1. The van der Waals surface area contributed by atoms with Crippen molar-refractivity contribution < 1.29 is 9.59 Å². The number of piperidine rings is 1. The summed E-state index contributed by atoms with van der Waals surface area (Å²) in [5.41, 5.74) is 0.730. The Hall–Kier alpha value is -1.36. The van der Waals surface area contributed by atoms with Gasteiger partial charge in [0, 0.05) is 36.3 Å². The second-order valence-electron chi connectivity index (χ2n) is 5.38. The van der Waals surface area contributed by atoms with Gasteiger partial charge in [0.05, 0.1) is 5.56 Å². The van der Waals surface area contributed by atoms with Crippen molar-refractivity contribution in [3.63, 3.8) is 0 Å². The van der Waals surface area contributed by atoms with Crippen LogP contribution in [-0.2, 0) is 4.79 Å². The molecule has 0 aromatic carbocycles. The van der Waals surface area contributed by atoms with Gasteiger partial charge < -0.3 is 10.2 Å². The van der Waals surface area contributed by atoms with E-state index in [4.69, 9.17) is 0 Å². The Morgan fingerprint density at radius 2 is 2.26 bits per heavy atom. The number of amides is 2. The maximum atomic E-state index is 12.1. The van der Waals surface area contributed by atoms with Crippen molar-refractivity contribution in [1.82, 2.24) is 10.2 Å². The molecule has 1 aromatic heterocycles. The standard InChI is InChI=1S/C14H20N2O2S/c1-9(2)12-6-10(8-19-12)14(18)15-11-4-5-13(17)16(3)7-11/h6,8-9,11H,4-5,7H2,1-3H3,(H,15,18)/t11-/m0/s1. The Morgan fingerprint density at radius 3 is 2.84 bits per heavy atom. The molecule has 19 heavy (non-hydrogen) atoms. The van der Waals surface area contributed by atoms with E-state index in [0.717, 1.165) is 12.0 Å². The quantitative estimate of drug-likeness (QED) is 0.923. The average Bonchev–Trinajstić information content (AvgIpc) is 2.83. The molecule has 5 heteroatoms. The summed E-state index contributed by atoms with van der Waals surface area (Å²) < 4.78 is 0. The zero-order valence-corrected chi connectivity index (χ0v) is 12.4. The lowest BCUT2D eigenvalue weighted by atomic mass is 10.1. The Kier molecular flexibility index (Phi) is 4.24. The number of rotatable bonds is 3. The minimum Gasteiger partial charge on any atom is -0.347 e. The molecule has 0 aliphatic carbocycles.